The second kappa shape index (κ2) is 6.76. The molecule has 1 heterocycles. The van der Waals surface area contributed by atoms with Crippen molar-refractivity contribution < 1.29 is 9.13 Å². The van der Waals surface area contributed by atoms with Crippen molar-refractivity contribution >= 4 is 11.9 Å². The Morgan fingerprint density at radius 1 is 1.30 bits per heavy atom. The van der Waals surface area contributed by atoms with Crippen LogP contribution >= 0.6 is 0 Å². The van der Waals surface area contributed by atoms with Crippen molar-refractivity contribution in [2.45, 2.75) is 39.4 Å². The Morgan fingerprint density at radius 2 is 2.04 bits per heavy atom. The van der Waals surface area contributed by atoms with Crippen molar-refractivity contribution in [3.05, 3.63) is 35.7 Å². The first kappa shape index (κ1) is 16.9. The molecular formula is C16H22FN5O. The van der Waals surface area contributed by atoms with Gasteiger partial charge in [-0.3, -0.25) is 0 Å². The van der Waals surface area contributed by atoms with E-state index < -0.39 is 5.67 Å². The summed E-state index contributed by atoms with van der Waals surface area (Å²) in [6.07, 6.45) is 0. The highest BCUT2D eigenvalue weighted by atomic mass is 19.1. The van der Waals surface area contributed by atoms with Gasteiger partial charge in [-0.2, -0.15) is 15.0 Å². The van der Waals surface area contributed by atoms with Gasteiger partial charge in [-0.1, -0.05) is 12.1 Å². The van der Waals surface area contributed by atoms with Crippen LogP contribution in [-0.4, -0.2) is 27.6 Å². The SMILES string of the molecule is Cc1cccc(OCC(C)Nc2nc(N)nc(C(C)(C)F)n2)c1. The van der Waals surface area contributed by atoms with Gasteiger partial charge in [-0.05, 0) is 45.4 Å². The van der Waals surface area contributed by atoms with Gasteiger partial charge in [0.2, 0.25) is 11.9 Å². The van der Waals surface area contributed by atoms with Crippen LogP contribution in [0.5, 0.6) is 5.75 Å². The van der Waals surface area contributed by atoms with Gasteiger partial charge in [0.25, 0.3) is 0 Å². The zero-order valence-corrected chi connectivity index (χ0v) is 13.8. The van der Waals surface area contributed by atoms with E-state index in [-0.39, 0.29) is 23.8 Å². The summed E-state index contributed by atoms with van der Waals surface area (Å²) in [5.41, 5.74) is 5.06. The van der Waals surface area contributed by atoms with Crippen LogP contribution in [-0.2, 0) is 5.67 Å². The lowest BCUT2D eigenvalue weighted by atomic mass is 10.1. The highest BCUT2D eigenvalue weighted by Gasteiger charge is 2.24. The number of aromatic nitrogens is 3. The van der Waals surface area contributed by atoms with Gasteiger partial charge in [0.15, 0.2) is 11.5 Å². The summed E-state index contributed by atoms with van der Waals surface area (Å²) in [6.45, 7) is 7.06. The number of nitrogen functional groups attached to an aromatic ring is 1. The predicted molar refractivity (Wildman–Crippen MR) is 88.1 cm³/mol. The van der Waals surface area contributed by atoms with E-state index in [1.54, 1.807) is 0 Å². The van der Waals surface area contributed by atoms with Crippen LogP contribution in [0.4, 0.5) is 16.3 Å². The second-order valence-electron chi connectivity index (χ2n) is 5.99. The molecule has 0 fully saturated rings. The van der Waals surface area contributed by atoms with Crippen molar-refractivity contribution in [2.75, 3.05) is 17.7 Å². The largest absolute Gasteiger partial charge is 0.491 e. The zero-order valence-electron chi connectivity index (χ0n) is 13.8. The molecule has 0 aliphatic rings. The summed E-state index contributed by atoms with van der Waals surface area (Å²) in [5.74, 6) is 1.01. The first-order chi connectivity index (χ1) is 10.7. The van der Waals surface area contributed by atoms with Gasteiger partial charge in [0.05, 0.1) is 6.04 Å². The van der Waals surface area contributed by atoms with E-state index >= 15 is 0 Å². The summed E-state index contributed by atoms with van der Waals surface area (Å²) in [5, 5.41) is 3.05. The molecule has 7 heteroatoms. The number of ether oxygens (including phenoxy) is 1. The highest BCUT2D eigenvalue weighted by molar-refractivity contribution is 5.33. The molecule has 0 aliphatic heterocycles. The maximum absolute atomic E-state index is 14.0. The quantitative estimate of drug-likeness (QED) is 0.851. The van der Waals surface area contributed by atoms with E-state index in [2.05, 4.69) is 20.3 Å². The van der Waals surface area contributed by atoms with Gasteiger partial charge in [0.1, 0.15) is 12.4 Å². The van der Waals surface area contributed by atoms with E-state index in [9.17, 15) is 4.39 Å². The molecule has 23 heavy (non-hydrogen) atoms. The van der Waals surface area contributed by atoms with Crippen LogP contribution in [0.3, 0.4) is 0 Å². The first-order valence-corrected chi connectivity index (χ1v) is 7.41. The molecule has 0 saturated carbocycles. The smallest absolute Gasteiger partial charge is 0.228 e. The highest BCUT2D eigenvalue weighted by Crippen LogP contribution is 2.22. The van der Waals surface area contributed by atoms with E-state index in [0.29, 0.717) is 6.61 Å². The Labute approximate surface area is 135 Å². The monoisotopic (exact) mass is 319 g/mol. The zero-order chi connectivity index (χ0) is 17.0. The van der Waals surface area contributed by atoms with Crippen molar-refractivity contribution in [3.63, 3.8) is 0 Å². The number of alkyl halides is 1. The summed E-state index contributed by atoms with van der Waals surface area (Å²) >= 11 is 0. The summed E-state index contributed by atoms with van der Waals surface area (Å²) in [7, 11) is 0. The van der Waals surface area contributed by atoms with Crippen LogP contribution < -0.4 is 15.8 Å². The van der Waals surface area contributed by atoms with Crippen LogP contribution in [0.2, 0.25) is 0 Å². The molecule has 3 N–H and O–H groups in total. The number of nitrogens with zero attached hydrogens (tertiary/aromatic N) is 3. The van der Waals surface area contributed by atoms with Gasteiger partial charge in [-0.15, -0.1) is 0 Å². The molecule has 0 bridgehead atoms. The van der Waals surface area contributed by atoms with Crippen molar-refractivity contribution in [1.82, 2.24) is 15.0 Å². The minimum Gasteiger partial charge on any atom is -0.491 e. The molecule has 0 saturated heterocycles. The van der Waals surface area contributed by atoms with Crippen LogP contribution in [0.1, 0.15) is 32.2 Å². The number of hydrogen-bond donors (Lipinski definition) is 2. The van der Waals surface area contributed by atoms with Crippen LogP contribution in [0, 0.1) is 6.92 Å². The van der Waals surface area contributed by atoms with Gasteiger partial charge in [0, 0.05) is 0 Å². The van der Waals surface area contributed by atoms with Gasteiger partial charge >= 0.3 is 0 Å². The summed E-state index contributed by atoms with van der Waals surface area (Å²) < 4.78 is 19.7. The Hall–Kier alpha value is -2.44. The number of anilines is 2. The fourth-order valence-electron chi connectivity index (χ4n) is 1.91. The summed E-state index contributed by atoms with van der Waals surface area (Å²) in [6, 6.07) is 7.70. The Bertz CT molecular complexity index is 672. The molecule has 6 nitrogen and oxygen atoms in total. The number of hydrogen-bond acceptors (Lipinski definition) is 6. The number of benzene rings is 1. The molecule has 0 amide bonds. The fraction of sp³-hybridized carbons (Fsp3) is 0.438. The van der Waals surface area contributed by atoms with E-state index in [1.807, 2.05) is 38.1 Å². The molecule has 1 aromatic carbocycles. The van der Waals surface area contributed by atoms with Crippen molar-refractivity contribution in [1.29, 1.82) is 0 Å². The van der Waals surface area contributed by atoms with Crippen LogP contribution in [0.15, 0.2) is 24.3 Å². The topological polar surface area (TPSA) is 86.0 Å². The lowest BCUT2D eigenvalue weighted by Gasteiger charge is -2.17. The van der Waals surface area contributed by atoms with E-state index in [0.717, 1.165) is 11.3 Å². The van der Waals surface area contributed by atoms with E-state index in [4.69, 9.17) is 10.5 Å². The number of nitrogens with two attached hydrogens (primary N) is 1. The van der Waals surface area contributed by atoms with Crippen LogP contribution in [0.25, 0.3) is 0 Å². The molecule has 2 rings (SSSR count). The second-order valence-corrected chi connectivity index (χ2v) is 5.99. The fourth-order valence-corrected chi connectivity index (χ4v) is 1.91. The molecule has 0 radical (unpaired) electrons. The van der Waals surface area contributed by atoms with Crippen molar-refractivity contribution in [3.8, 4) is 5.75 Å². The molecular weight excluding hydrogens is 297 g/mol. The molecule has 1 aromatic heterocycles. The Balaban J connectivity index is 2.00. The van der Waals surface area contributed by atoms with E-state index in [1.165, 1.54) is 13.8 Å². The van der Waals surface area contributed by atoms with Crippen molar-refractivity contribution in [2.24, 2.45) is 0 Å². The minimum absolute atomic E-state index is 0.000646. The number of rotatable bonds is 6. The maximum Gasteiger partial charge on any atom is 0.228 e. The normalized spacial score (nSPS) is 12.7. The number of nitrogens with one attached hydrogen (secondary N) is 1. The number of aryl methyl sites for hydroxylation is 1. The third kappa shape index (κ3) is 5.05. The first-order valence-electron chi connectivity index (χ1n) is 7.41. The lowest BCUT2D eigenvalue weighted by molar-refractivity contribution is 0.206. The number of halogens is 1. The molecule has 1 unspecified atom stereocenters. The Morgan fingerprint density at radius 3 is 2.70 bits per heavy atom. The van der Waals surface area contributed by atoms with Gasteiger partial charge < -0.3 is 15.8 Å². The van der Waals surface area contributed by atoms with Gasteiger partial charge in [-0.25, -0.2) is 4.39 Å². The Kier molecular flexibility index (Phi) is 4.98. The average molecular weight is 319 g/mol. The lowest BCUT2D eigenvalue weighted by Crippen LogP contribution is -2.26. The summed E-state index contributed by atoms with van der Waals surface area (Å²) in [4.78, 5) is 11.9. The predicted octanol–water partition coefficient (Wildman–Crippen LogP) is 2.85. The molecule has 0 aliphatic carbocycles. The third-order valence-electron chi connectivity index (χ3n) is 3.05. The molecule has 1 atom stereocenters. The average Bonchev–Trinajstić information content (AvgIpc) is 2.44. The molecule has 2 aromatic rings. The minimum atomic E-state index is -1.69. The maximum atomic E-state index is 14.0. The third-order valence-corrected chi connectivity index (χ3v) is 3.05. The molecule has 0 spiro atoms. The molecule has 124 valence electrons. The standard InChI is InChI=1S/C16H22FN5O/c1-10-6-5-7-12(8-10)23-9-11(2)19-15-21-13(16(3,4)17)20-14(18)22-15/h5-8,11H,9H2,1-4H3,(H3,18,19,20,21,22).